The number of pyridine rings is 1. The zero-order chi connectivity index (χ0) is 12.0. The highest BCUT2D eigenvalue weighted by molar-refractivity contribution is 5.52. The molecule has 1 atom stereocenters. The van der Waals surface area contributed by atoms with Crippen LogP contribution in [0.3, 0.4) is 0 Å². The fraction of sp³-hybridized carbons (Fsp3) is 0.455. The zero-order valence-corrected chi connectivity index (χ0v) is 9.40. The summed E-state index contributed by atoms with van der Waals surface area (Å²) in [5.41, 5.74) is 1.27. The molecule has 0 aliphatic rings. The van der Waals surface area contributed by atoms with Crippen LogP contribution in [-0.2, 0) is 4.74 Å². The molecule has 0 fully saturated rings. The monoisotopic (exact) mass is 221 g/mol. The third-order valence-electron chi connectivity index (χ3n) is 2.08. The number of anilines is 1. The Kier molecular flexibility index (Phi) is 4.70. The van der Waals surface area contributed by atoms with Crippen molar-refractivity contribution in [2.45, 2.75) is 13.0 Å². The topological polar surface area (TPSA) is 78.2 Å². The summed E-state index contributed by atoms with van der Waals surface area (Å²) in [7, 11) is 1.55. The van der Waals surface area contributed by atoms with Crippen molar-refractivity contribution >= 4 is 5.82 Å². The van der Waals surface area contributed by atoms with E-state index in [2.05, 4.69) is 10.3 Å². The average Bonchev–Trinajstić information content (AvgIpc) is 2.29. The highest BCUT2D eigenvalue weighted by Gasteiger charge is 2.10. The second kappa shape index (κ2) is 6.05. The van der Waals surface area contributed by atoms with Gasteiger partial charge in [-0.05, 0) is 19.1 Å². The summed E-state index contributed by atoms with van der Waals surface area (Å²) in [6, 6.07) is 5.26. The van der Waals surface area contributed by atoms with Crippen LogP contribution >= 0.6 is 0 Å². The Morgan fingerprint density at radius 3 is 2.94 bits per heavy atom. The van der Waals surface area contributed by atoms with Gasteiger partial charge in [-0.3, -0.25) is 0 Å². The molecule has 1 rings (SSSR count). The lowest BCUT2D eigenvalue weighted by Gasteiger charge is -2.16. The van der Waals surface area contributed by atoms with E-state index in [4.69, 9.17) is 15.1 Å². The van der Waals surface area contributed by atoms with Gasteiger partial charge in [0.1, 0.15) is 11.9 Å². The Morgan fingerprint density at radius 1 is 1.62 bits per heavy atom. The molecule has 1 unspecified atom stereocenters. The standard InChI is InChI=1S/C11H15N3O2/c1-8-3-4-9(5-12)11(13-8)14-10(6-15)7-16-2/h3-4,10,15H,6-7H2,1-2H3,(H,13,14). The number of nitriles is 1. The van der Waals surface area contributed by atoms with E-state index in [0.29, 0.717) is 18.0 Å². The summed E-state index contributed by atoms with van der Waals surface area (Å²) in [5.74, 6) is 0.485. The van der Waals surface area contributed by atoms with Crippen molar-refractivity contribution in [1.82, 2.24) is 4.98 Å². The van der Waals surface area contributed by atoms with Crippen LogP contribution in [0.5, 0.6) is 0 Å². The molecule has 0 aromatic carbocycles. The summed E-state index contributed by atoms with van der Waals surface area (Å²) in [5, 5.41) is 21.0. The van der Waals surface area contributed by atoms with Gasteiger partial charge in [0, 0.05) is 12.8 Å². The first kappa shape index (κ1) is 12.4. The summed E-state index contributed by atoms with van der Waals surface area (Å²) >= 11 is 0. The third kappa shape index (κ3) is 3.19. The van der Waals surface area contributed by atoms with E-state index in [1.54, 1.807) is 19.2 Å². The normalized spacial score (nSPS) is 11.9. The minimum absolute atomic E-state index is 0.0751. The van der Waals surface area contributed by atoms with Crippen molar-refractivity contribution in [2.75, 3.05) is 25.6 Å². The van der Waals surface area contributed by atoms with Crippen molar-refractivity contribution in [2.24, 2.45) is 0 Å². The van der Waals surface area contributed by atoms with E-state index in [9.17, 15) is 0 Å². The van der Waals surface area contributed by atoms with Crippen molar-refractivity contribution < 1.29 is 9.84 Å². The summed E-state index contributed by atoms with van der Waals surface area (Å²) in [4.78, 5) is 4.21. The third-order valence-corrected chi connectivity index (χ3v) is 2.08. The molecule has 0 bridgehead atoms. The molecule has 16 heavy (non-hydrogen) atoms. The molecule has 0 aliphatic heterocycles. The molecule has 0 saturated carbocycles. The maximum Gasteiger partial charge on any atom is 0.144 e. The van der Waals surface area contributed by atoms with Gasteiger partial charge in [0.15, 0.2) is 0 Å². The second-order valence-corrected chi connectivity index (χ2v) is 3.44. The Bertz CT molecular complexity index is 387. The van der Waals surface area contributed by atoms with Gasteiger partial charge >= 0.3 is 0 Å². The van der Waals surface area contributed by atoms with Gasteiger partial charge in [0.05, 0.1) is 24.8 Å². The SMILES string of the molecule is COCC(CO)Nc1nc(C)ccc1C#N. The lowest BCUT2D eigenvalue weighted by atomic mass is 10.2. The molecule has 0 aliphatic carbocycles. The van der Waals surface area contributed by atoms with Crippen LogP contribution in [0.4, 0.5) is 5.82 Å². The lowest BCUT2D eigenvalue weighted by Crippen LogP contribution is -2.29. The molecular formula is C11H15N3O2. The average molecular weight is 221 g/mol. The summed E-state index contributed by atoms with van der Waals surface area (Å²) < 4.78 is 4.94. The largest absolute Gasteiger partial charge is 0.394 e. The first-order valence-corrected chi connectivity index (χ1v) is 4.95. The first-order valence-electron chi connectivity index (χ1n) is 4.95. The molecule has 2 N–H and O–H groups in total. The molecule has 0 radical (unpaired) electrons. The fourth-order valence-electron chi connectivity index (χ4n) is 1.29. The highest BCUT2D eigenvalue weighted by Crippen LogP contribution is 2.13. The number of aliphatic hydroxyl groups is 1. The number of aryl methyl sites for hydroxylation is 1. The number of hydrogen-bond donors (Lipinski definition) is 2. The van der Waals surface area contributed by atoms with E-state index in [1.807, 2.05) is 13.0 Å². The predicted molar refractivity (Wildman–Crippen MR) is 60.1 cm³/mol. The second-order valence-electron chi connectivity index (χ2n) is 3.44. The maximum atomic E-state index is 9.10. The Labute approximate surface area is 94.7 Å². The Hall–Kier alpha value is -1.64. The van der Waals surface area contributed by atoms with Crippen LogP contribution in [0.1, 0.15) is 11.3 Å². The first-order chi connectivity index (χ1) is 7.71. The van der Waals surface area contributed by atoms with E-state index in [1.165, 1.54) is 0 Å². The maximum absolute atomic E-state index is 9.10. The molecule has 86 valence electrons. The zero-order valence-electron chi connectivity index (χ0n) is 9.40. The van der Waals surface area contributed by atoms with Crippen molar-refractivity contribution in [3.05, 3.63) is 23.4 Å². The van der Waals surface area contributed by atoms with Gasteiger partial charge < -0.3 is 15.2 Å². The van der Waals surface area contributed by atoms with Gasteiger partial charge in [-0.1, -0.05) is 0 Å². The van der Waals surface area contributed by atoms with E-state index in [-0.39, 0.29) is 12.6 Å². The van der Waals surface area contributed by atoms with Gasteiger partial charge in [-0.25, -0.2) is 4.98 Å². The highest BCUT2D eigenvalue weighted by atomic mass is 16.5. The summed E-state index contributed by atoms with van der Waals surface area (Å²) in [6.07, 6.45) is 0. The summed E-state index contributed by atoms with van der Waals surface area (Å²) in [6.45, 7) is 2.13. The number of rotatable bonds is 5. The van der Waals surface area contributed by atoms with Crippen LogP contribution in [-0.4, -0.2) is 36.5 Å². The number of hydrogen-bond acceptors (Lipinski definition) is 5. The van der Waals surface area contributed by atoms with E-state index in [0.717, 1.165) is 5.69 Å². The molecule has 5 nitrogen and oxygen atoms in total. The van der Waals surface area contributed by atoms with Gasteiger partial charge in [-0.2, -0.15) is 5.26 Å². The van der Waals surface area contributed by atoms with Crippen LogP contribution in [0.15, 0.2) is 12.1 Å². The number of nitrogens with one attached hydrogen (secondary N) is 1. The number of aliphatic hydroxyl groups excluding tert-OH is 1. The van der Waals surface area contributed by atoms with Gasteiger partial charge in [0.2, 0.25) is 0 Å². The Morgan fingerprint density at radius 2 is 2.38 bits per heavy atom. The van der Waals surface area contributed by atoms with E-state index >= 15 is 0 Å². The molecule has 1 heterocycles. The number of aromatic nitrogens is 1. The van der Waals surface area contributed by atoms with Crippen LogP contribution in [0.25, 0.3) is 0 Å². The predicted octanol–water partition coefficient (Wildman–Crippen LogP) is 0.681. The van der Waals surface area contributed by atoms with Crippen LogP contribution in [0, 0.1) is 18.3 Å². The van der Waals surface area contributed by atoms with Gasteiger partial charge in [0.25, 0.3) is 0 Å². The van der Waals surface area contributed by atoms with Crippen LogP contribution in [0.2, 0.25) is 0 Å². The van der Waals surface area contributed by atoms with Crippen molar-refractivity contribution in [3.63, 3.8) is 0 Å². The number of ether oxygens (including phenoxy) is 1. The molecular weight excluding hydrogens is 206 g/mol. The fourth-order valence-corrected chi connectivity index (χ4v) is 1.29. The van der Waals surface area contributed by atoms with Gasteiger partial charge in [-0.15, -0.1) is 0 Å². The molecule has 5 heteroatoms. The minimum Gasteiger partial charge on any atom is -0.394 e. The molecule has 1 aromatic heterocycles. The number of nitrogens with zero attached hydrogens (tertiary/aromatic N) is 2. The molecule has 0 spiro atoms. The van der Waals surface area contributed by atoms with Crippen molar-refractivity contribution in [3.8, 4) is 6.07 Å². The molecule has 0 amide bonds. The molecule has 0 saturated heterocycles. The lowest BCUT2D eigenvalue weighted by molar-refractivity contribution is 0.153. The number of methoxy groups -OCH3 is 1. The van der Waals surface area contributed by atoms with E-state index < -0.39 is 0 Å². The smallest absolute Gasteiger partial charge is 0.144 e. The van der Waals surface area contributed by atoms with Crippen LogP contribution < -0.4 is 5.32 Å². The minimum atomic E-state index is -0.258. The Balaban J connectivity index is 2.86. The quantitative estimate of drug-likeness (QED) is 0.764. The van der Waals surface area contributed by atoms with Crippen molar-refractivity contribution in [1.29, 1.82) is 5.26 Å². The molecule has 1 aromatic rings.